The quantitative estimate of drug-likeness (QED) is 0.322. The van der Waals surface area contributed by atoms with E-state index in [4.69, 9.17) is 11.6 Å². The van der Waals surface area contributed by atoms with Gasteiger partial charge in [-0.1, -0.05) is 60.9 Å². The maximum absolute atomic E-state index is 12.8. The zero-order valence-electron chi connectivity index (χ0n) is 13.1. The molecule has 3 rings (SSSR count). The third kappa shape index (κ3) is 4.24. The molecule has 1 heterocycles. The standard InChI is InChI=1S/C16H8Br2ClNO5S2/c17-9-4-11(18)10-6-15(16(21)26-14(10)5-9)27(24,25)7-8-1-2-12(19)13(3-8)20(22)23/h1-6H,7H2. The van der Waals surface area contributed by atoms with Crippen LogP contribution in [-0.4, -0.2) is 13.3 Å². The molecule has 0 aliphatic rings. The Bertz CT molecular complexity index is 1260. The second-order valence-corrected chi connectivity index (χ2v) is 10.6. The Labute approximate surface area is 179 Å². The molecule has 3 aromatic rings. The molecule has 0 atom stereocenters. The summed E-state index contributed by atoms with van der Waals surface area (Å²) in [7, 11) is -4.02. The van der Waals surface area contributed by atoms with Crippen LogP contribution in [0.2, 0.25) is 5.02 Å². The van der Waals surface area contributed by atoms with E-state index in [2.05, 4.69) is 31.9 Å². The number of nitro benzene ring substituents is 1. The van der Waals surface area contributed by atoms with E-state index in [9.17, 15) is 23.3 Å². The molecule has 0 spiro atoms. The molecule has 0 aliphatic carbocycles. The maximum atomic E-state index is 12.8. The summed E-state index contributed by atoms with van der Waals surface area (Å²) in [6, 6.07) is 8.55. The van der Waals surface area contributed by atoms with Crippen molar-refractivity contribution in [3.8, 4) is 0 Å². The van der Waals surface area contributed by atoms with E-state index >= 15 is 0 Å². The number of rotatable bonds is 4. The van der Waals surface area contributed by atoms with Gasteiger partial charge in [0.25, 0.3) is 10.4 Å². The van der Waals surface area contributed by atoms with Crippen LogP contribution in [0.1, 0.15) is 5.56 Å². The summed E-state index contributed by atoms with van der Waals surface area (Å²) in [5, 5.41) is 11.5. The van der Waals surface area contributed by atoms with Gasteiger partial charge in [-0.3, -0.25) is 14.9 Å². The number of benzene rings is 2. The summed E-state index contributed by atoms with van der Waals surface area (Å²) < 4.78 is 27.0. The number of halogens is 3. The Morgan fingerprint density at radius 2 is 1.85 bits per heavy atom. The topological polar surface area (TPSA) is 94.3 Å². The van der Waals surface area contributed by atoms with E-state index < -0.39 is 25.3 Å². The average Bonchev–Trinajstić information content (AvgIpc) is 2.55. The van der Waals surface area contributed by atoms with Gasteiger partial charge in [0, 0.05) is 25.1 Å². The van der Waals surface area contributed by atoms with Gasteiger partial charge in [0.05, 0.1) is 10.7 Å². The van der Waals surface area contributed by atoms with Crippen molar-refractivity contribution in [2.75, 3.05) is 0 Å². The first kappa shape index (κ1) is 20.4. The zero-order valence-corrected chi connectivity index (χ0v) is 18.7. The van der Waals surface area contributed by atoms with Crippen molar-refractivity contribution in [2.24, 2.45) is 0 Å². The lowest BCUT2D eigenvalue weighted by molar-refractivity contribution is -0.384. The van der Waals surface area contributed by atoms with Crippen molar-refractivity contribution in [3.05, 3.63) is 75.6 Å². The molecule has 0 amide bonds. The van der Waals surface area contributed by atoms with Crippen LogP contribution in [0.5, 0.6) is 0 Å². The smallest absolute Gasteiger partial charge is 0.276 e. The molecule has 0 N–H and O–H groups in total. The van der Waals surface area contributed by atoms with Crippen LogP contribution in [0.3, 0.4) is 0 Å². The van der Waals surface area contributed by atoms with Gasteiger partial charge in [0.1, 0.15) is 9.92 Å². The first-order chi connectivity index (χ1) is 12.6. The summed E-state index contributed by atoms with van der Waals surface area (Å²) in [5.41, 5.74) is -0.217. The van der Waals surface area contributed by atoms with E-state index in [-0.39, 0.29) is 21.2 Å². The predicted molar refractivity (Wildman–Crippen MR) is 112 cm³/mol. The minimum atomic E-state index is -4.02. The Morgan fingerprint density at radius 1 is 1.15 bits per heavy atom. The van der Waals surface area contributed by atoms with Crippen molar-refractivity contribution in [2.45, 2.75) is 10.6 Å². The zero-order chi connectivity index (χ0) is 19.9. The fourth-order valence-corrected chi connectivity index (χ4v) is 6.89. The van der Waals surface area contributed by atoms with E-state index in [1.54, 1.807) is 12.1 Å². The predicted octanol–water partition coefficient (Wildman–Crippen LogP) is 5.32. The van der Waals surface area contributed by atoms with Gasteiger partial charge in [-0.25, -0.2) is 8.42 Å². The molecular formula is C16H8Br2ClNO5S2. The Morgan fingerprint density at radius 3 is 2.52 bits per heavy atom. The van der Waals surface area contributed by atoms with Gasteiger partial charge >= 0.3 is 0 Å². The van der Waals surface area contributed by atoms with Gasteiger partial charge < -0.3 is 0 Å². The molecule has 2 aromatic carbocycles. The van der Waals surface area contributed by atoms with Crippen molar-refractivity contribution < 1.29 is 13.3 Å². The molecule has 0 saturated heterocycles. The molecule has 0 aliphatic heterocycles. The molecule has 0 bridgehead atoms. The summed E-state index contributed by atoms with van der Waals surface area (Å²) in [5.74, 6) is -0.549. The highest BCUT2D eigenvalue weighted by molar-refractivity contribution is 9.11. The Hall–Kier alpha value is -1.33. The van der Waals surface area contributed by atoms with Crippen LogP contribution in [0.15, 0.2) is 55.0 Å². The van der Waals surface area contributed by atoms with Crippen LogP contribution >= 0.6 is 54.8 Å². The number of fused-ring (bicyclic) bond motifs is 1. The van der Waals surface area contributed by atoms with Gasteiger partial charge in [-0.2, -0.15) is 0 Å². The van der Waals surface area contributed by atoms with Gasteiger partial charge in [-0.15, -0.1) is 0 Å². The highest BCUT2D eigenvalue weighted by Crippen LogP contribution is 2.32. The normalized spacial score (nSPS) is 11.7. The van der Waals surface area contributed by atoms with E-state index in [0.29, 0.717) is 14.6 Å². The molecule has 27 heavy (non-hydrogen) atoms. The lowest BCUT2D eigenvalue weighted by Gasteiger charge is -2.07. The average molecular weight is 554 g/mol. The van der Waals surface area contributed by atoms with Crippen molar-refractivity contribution in [1.29, 1.82) is 0 Å². The lowest BCUT2D eigenvalue weighted by atomic mass is 10.2. The molecule has 1 aromatic heterocycles. The highest BCUT2D eigenvalue weighted by Gasteiger charge is 2.23. The van der Waals surface area contributed by atoms with Crippen molar-refractivity contribution in [3.63, 3.8) is 0 Å². The number of sulfone groups is 1. The molecule has 0 unspecified atom stereocenters. The third-order valence-electron chi connectivity index (χ3n) is 3.63. The number of nitrogens with zero attached hydrogens (tertiary/aromatic N) is 1. The Balaban J connectivity index is 2.10. The van der Waals surface area contributed by atoms with Gasteiger partial charge in [-0.05, 0) is 29.8 Å². The minimum Gasteiger partial charge on any atom is -0.276 e. The van der Waals surface area contributed by atoms with Gasteiger partial charge in [0.2, 0.25) is 0 Å². The fraction of sp³-hybridized carbons (Fsp3) is 0.0625. The van der Waals surface area contributed by atoms with Crippen LogP contribution in [0.4, 0.5) is 5.69 Å². The van der Waals surface area contributed by atoms with E-state index in [1.165, 1.54) is 18.2 Å². The largest absolute Gasteiger partial charge is 0.288 e. The number of nitro groups is 1. The highest BCUT2D eigenvalue weighted by atomic mass is 79.9. The number of hydrogen-bond donors (Lipinski definition) is 0. The Kier molecular flexibility index (Phi) is 5.74. The fourth-order valence-electron chi connectivity index (χ4n) is 2.43. The van der Waals surface area contributed by atoms with Crippen LogP contribution in [0, 0.1) is 10.1 Å². The molecule has 0 saturated carbocycles. The summed E-state index contributed by atoms with van der Waals surface area (Å²) >= 11 is 13.3. The van der Waals surface area contributed by atoms with Gasteiger partial charge in [0.15, 0.2) is 9.84 Å². The first-order valence-electron chi connectivity index (χ1n) is 7.17. The van der Waals surface area contributed by atoms with Crippen LogP contribution in [-0.2, 0) is 15.6 Å². The summed E-state index contributed by atoms with van der Waals surface area (Å²) in [6.07, 6.45) is 0. The van der Waals surface area contributed by atoms with E-state index in [0.717, 1.165) is 21.9 Å². The second-order valence-electron chi connectivity index (χ2n) is 5.50. The second kappa shape index (κ2) is 7.59. The van der Waals surface area contributed by atoms with Crippen molar-refractivity contribution in [1.82, 2.24) is 0 Å². The lowest BCUT2D eigenvalue weighted by Crippen LogP contribution is -2.14. The van der Waals surface area contributed by atoms with Crippen molar-refractivity contribution >= 4 is 80.4 Å². The summed E-state index contributed by atoms with van der Waals surface area (Å²) in [4.78, 5) is 22.4. The van der Waals surface area contributed by atoms with Crippen LogP contribution < -0.4 is 4.74 Å². The molecule has 0 fully saturated rings. The third-order valence-corrected chi connectivity index (χ3v) is 7.85. The van der Waals surface area contributed by atoms with Crippen LogP contribution in [0.25, 0.3) is 10.1 Å². The molecule has 11 heteroatoms. The first-order valence-corrected chi connectivity index (χ1v) is 11.6. The number of hydrogen-bond acceptors (Lipinski definition) is 6. The molecule has 140 valence electrons. The molecule has 0 radical (unpaired) electrons. The minimum absolute atomic E-state index is 0.0897. The SMILES string of the molecule is O=c1sc2cc(Br)cc(Br)c2cc1S(=O)(=O)Cc1ccc(Cl)c([N+](=O)[O-])c1. The molecule has 6 nitrogen and oxygen atoms in total. The van der Waals surface area contributed by atoms with E-state index in [1.807, 2.05) is 0 Å². The molecular weight excluding hydrogens is 546 g/mol. The summed E-state index contributed by atoms with van der Waals surface area (Å²) in [6.45, 7) is 0. The monoisotopic (exact) mass is 551 g/mol. The maximum Gasteiger partial charge on any atom is 0.288 e.